The molecule has 1 rings (SSSR count). The van der Waals surface area contributed by atoms with Crippen molar-refractivity contribution >= 4 is 18.5 Å². The summed E-state index contributed by atoms with van der Waals surface area (Å²) in [5, 5.41) is 3.04. The predicted molar refractivity (Wildman–Crippen MR) is 62.6 cm³/mol. The minimum Gasteiger partial charge on any atom is -0.353 e. The molecule has 0 aliphatic heterocycles. The molecule has 2 nitrogen and oxygen atoms in total. The fraction of sp³-hybridized carbons (Fsp3) is 0.909. The van der Waals surface area contributed by atoms with Crippen LogP contribution in [0.15, 0.2) is 0 Å². The van der Waals surface area contributed by atoms with Gasteiger partial charge in [0, 0.05) is 12.5 Å². The SMILES string of the molecule is CC(C)C(C)NC(=O)CC1(CS)CC1. The van der Waals surface area contributed by atoms with Crippen LogP contribution in [0.3, 0.4) is 0 Å². The number of nitrogens with one attached hydrogen (secondary N) is 1. The minimum absolute atomic E-state index is 0.192. The molecule has 1 unspecified atom stereocenters. The van der Waals surface area contributed by atoms with E-state index in [1.807, 2.05) is 0 Å². The van der Waals surface area contributed by atoms with Crippen molar-refractivity contribution in [2.45, 2.75) is 46.1 Å². The molecule has 0 aromatic carbocycles. The summed E-state index contributed by atoms with van der Waals surface area (Å²) in [6, 6.07) is 0.276. The normalized spacial score (nSPS) is 20.6. The third-order valence-electron chi connectivity index (χ3n) is 3.22. The van der Waals surface area contributed by atoms with E-state index >= 15 is 0 Å². The van der Waals surface area contributed by atoms with Gasteiger partial charge in [-0.2, -0.15) is 12.6 Å². The van der Waals surface area contributed by atoms with Gasteiger partial charge in [0.15, 0.2) is 0 Å². The van der Waals surface area contributed by atoms with E-state index in [1.54, 1.807) is 0 Å². The maximum atomic E-state index is 11.6. The van der Waals surface area contributed by atoms with Gasteiger partial charge in [0.05, 0.1) is 0 Å². The van der Waals surface area contributed by atoms with E-state index in [0.29, 0.717) is 12.3 Å². The number of hydrogen-bond donors (Lipinski definition) is 2. The van der Waals surface area contributed by atoms with Gasteiger partial charge in [0.1, 0.15) is 0 Å². The molecule has 1 fully saturated rings. The minimum atomic E-state index is 0.192. The largest absolute Gasteiger partial charge is 0.353 e. The number of rotatable bonds is 5. The Balaban J connectivity index is 2.29. The molecule has 0 saturated heterocycles. The fourth-order valence-corrected chi connectivity index (χ4v) is 1.81. The molecule has 1 aliphatic rings. The zero-order valence-electron chi connectivity index (χ0n) is 9.34. The molecule has 3 heteroatoms. The predicted octanol–water partition coefficient (Wildman–Crippen LogP) is 2.25. The smallest absolute Gasteiger partial charge is 0.220 e. The first-order valence-electron chi connectivity index (χ1n) is 5.39. The second-order valence-electron chi connectivity index (χ2n) is 4.94. The third kappa shape index (κ3) is 3.19. The van der Waals surface area contributed by atoms with E-state index in [0.717, 1.165) is 5.75 Å². The average Bonchev–Trinajstić information content (AvgIpc) is 2.85. The molecule has 14 heavy (non-hydrogen) atoms. The van der Waals surface area contributed by atoms with E-state index in [9.17, 15) is 4.79 Å². The second-order valence-corrected chi connectivity index (χ2v) is 5.25. The highest BCUT2D eigenvalue weighted by molar-refractivity contribution is 7.80. The zero-order chi connectivity index (χ0) is 10.8. The van der Waals surface area contributed by atoms with Crippen LogP contribution in [0.4, 0.5) is 0 Å². The van der Waals surface area contributed by atoms with Gasteiger partial charge in [-0.05, 0) is 36.9 Å². The molecule has 1 amide bonds. The summed E-state index contributed by atoms with van der Waals surface area (Å²) >= 11 is 4.29. The molecule has 0 heterocycles. The highest BCUT2D eigenvalue weighted by atomic mass is 32.1. The van der Waals surface area contributed by atoms with Crippen LogP contribution >= 0.6 is 12.6 Å². The van der Waals surface area contributed by atoms with Crippen molar-refractivity contribution in [2.75, 3.05) is 5.75 Å². The summed E-state index contributed by atoms with van der Waals surface area (Å²) < 4.78 is 0. The average molecular weight is 215 g/mol. The molecule has 1 atom stereocenters. The summed E-state index contributed by atoms with van der Waals surface area (Å²) in [7, 11) is 0. The van der Waals surface area contributed by atoms with Crippen LogP contribution < -0.4 is 5.32 Å². The van der Waals surface area contributed by atoms with Crippen molar-refractivity contribution in [3.63, 3.8) is 0 Å². The van der Waals surface area contributed by atoms with Crippen LogP contribution in [0.25, 0.3) is 0 Å². The quantitative estimate of drug-likeness (QED) is 0.677. The number of carbonyl (C=O) groups excluding carboxylic acids is 1. The maximum Gasteiger partial charge on any atom is 0.220 e. The Hall–Kier alpha value is -0.180. The van der Waals surface area contributed by atoms with Gasteiger partial charge in [0.2, 0.25) is 5.91 Å². The van der Waals surface area contributed by atoms with E-state index < -0.39 is 0 Å². The second kappa shape index (κ2) is 4.56. The lowest BCUT2D eigenvalue weighted by atomic mass is 10.0. The molecular weight excluding hydrogens is 194 g/mol. The van der Waals surface area contributed by atoms with E-state index in [4.69, 9.17) is 0 Å². The Morgan fingerprint density at radius 2 is 2.00 bits per heavy atom. The Kier molecular flexibility index (Phi) is 3.87. The van der Waals surface area contributed by atoms with Crippen LogP contribution in [0.1, 0.15) is 40.0 Å². The van der Waals surface area contributed by atoms with Gasteiger partial charge in [-0.3, -0.25) is 4.79 Å². The number of carbonyl (C=O) groups is 1. The first-order chi connectivity index (χ1) is 6.49. The lowest BCUT2D eigenvalue weighted by molar-refractivity contribution is -0.123. The van der Waals surface area contributed by atoms with Crippen molar-refractivity contribution in [3.8, 4) is 0 Å². The van der Waals surface area contributed by atoms with Crippen molar-refractivity contribution in [2.24, 2.45) is 11.3 Å². The standard InChI is InChI=1S/C11H21NOS/c1-8(2)9(3)12-10(13)6-11(7-14)4-5-11/h8-9,14H,4-7H2,1-3H3,(H,12,13). The lowest BCUT2D eigenvalue weighted by Crippen LogP contribution is -2.37. The first-order valence-corrected chi connectivity index (χ1v) is 6.02. The molecule has 1 N–H and O–H groups in total. The Morgan fingerprint density at radius 3 is 2.36 bits per heavy atom. The van der Waals surface area contributed by atoms with E-state index in [-0.39, 0.29) is 17.4 Å². The van der Waals surface area contributed by atoms with Gasteiger partial charge < -0.3 is 5.32 Å². The summed E-state index contributed by atoms with van der Waals surface area (Å²) in [5.41, 5.74) is 0.240. The molecule has 0 radical (unpaired) electrons. The van der Waals surface area contributed by atoms with Crippen molar-refractivity contribution in [1.29, 1.82) is 0 Å². The molecule has 0 spiro atoms. The van der Waals surface area contributed by atoms with Gasteiger partial charge in [-0.25, -0.2) is 0 Å². The molecule has 0 bridgehead atoms. The monoisotopic (exact) mass is 215 g/mol. The fourth-order valence-electron chi connectivity index (χ4n) is 1.38. The maximum absolute atomic E-state index is 11.6. The van der Waals surface area contributed by atoms with Crippen molar-refractivity contribution in [3.05, 3.63) is 0 Å². The van der Waals surface area contributed by atoms with Gasteiger partial charge in [0.25, 0.3) is 0 Å². The molecule has 0 aromatic heterocycles. The molecular formula is C11H21NOS. The van der Waals surface area contributed by atoms with Crippen molar-refractivity contribution in [1.82, 2.24) is 5.32 Å². The number of amides is 1. The first kappa shape index (κ1) is 11.9. The van der Waals surface area contributed by atoms with Crippen molar-refractivity contribution < 1.29 is 4.79 Å². The third-order valence-corrected chi connectivity index (χ3v) is 3.89. The van der Waals surface area contributed by atoms with Gasteiger partial charge in [-0.15, -0.1) is 0 Å². The summed E-state index contributed by atoms with van der Waals surface area (Å²) in [6.45, 7) is 6.30. The van der Waals surface area contributed by atoms with Crippen LogP contribution in [0, 0.1) is 11.3 Å². The molecule has 82 valence electrons. The summed E-state index contributed by atoms with van der Waals surface area (Å²) in [4.78, 5) is 11.6. The highest BCUT2D eigenvalue weighted by Gasteiger charge is 2.42. The summed E-state index contributed by atoms with van der Waals surface area (Å²) in [5.74, 6) is 1.54. The number of hydrogen-bond acceptors (Lipinski definition) is 2. The van der Waals surface area contributed by atoms with Crippen LogP contribution in [-0.4, -0.2) is 17.7 Å². The molecule has 0 aromatic rings. The molecule has 1 aliphatic carbocycles. The Morgan fingerprint density at radius 1 is 1.43 bits per heavy atom. The topological polar surface area (TPSA) is 29.1 Å². The Labute approximate surface area is 92.2 Å². The summed E-state index contributed by atoms with van der Waals surface area (Å²) in [6.07, 6.45) is 2.99. The van der Waals surface area contributed by atoms with E-state index in [1.165, 1.54) is 12.8 Å². The van der Waals surface area contributed by atoms with Gasteiger partial charge >= 0.3 is 0 Å². The highest BCUT2D eigenvalue weighted by Crippen LogP contribution is 2.49. The van der Waals surface area contributed by atoms with Crippen LogP contribution in [0.5, 0.6) is 0 Å². The van der Waals surface area contributed by atoms with E-state index in [2.05, 4.69) is 38.7 Å². The Bertz CT molecular complexity index is 211. The molecule has 1 saturated carbocycles. The van der Waals surface area contributed by atoms with Crippen LogP contribution in [0.2, 0.25) is 0 Å². The van der Waals surface area contributed by atoms with Crippen LogP contribution in [-0.2, 0) is 4.79 Å². The zero-order valence-corrected chi connectivity index (χ0v) is 10.2. The van der Waals surface area contributed by atoms with Gasteiger partial charge in [-0.1, -0.05) is 13.8 Å². The lowest BCUT2D eigenvalue weighted by Gasteiger charge is -2.19. The number of thiol groups is 1.